The number of sulfone groups is 1. The second-order valence-electron chi connectivity index (χ2n) is 10.1. The van der Waals surface area contributed by atoms with E-state index in [4.69, 9.17) is 5.73 Å². The number of aliphatic hydroxyl groups excluding tert-OH is 1. The molecule has 196 valence electrons. The van der Waals surface area contributed by atoms with Crippen LogP contribution < -0.4 is 11.1 Å². The topological polar surface area (TPSA) is 142 Å². The number of nitrogens with zero attached hydrogens (tertiary/aromatic N) is 2. The lowest BCUT2D eigenvalue weighted by atomic mass is 9.87. The number of hydrogen-bond acceptors (Lipinski definition) is 7. The lowest BCUT2D eigenvalue weighted by Crippen LogP contribution is -2.53. The van der Waals surface area contributed by atoms with Crippen molar-refractivity contribution < 1.29 is 23.1 Å². The van der Waals surface area contributed by atoms with Gasteiger partial charge in [0.2, 0.25) is 5.91 Å². The highest BCUT2D eigenvalue weighted by Gasteiger charge is 2.43. The van der Waals surface area contributed by atoms with Gasteiger partial charge in [0.15, 0.2) is 15.8 Å². The van der Waals surface area contributed by atoms with Gasteiger partial charge in [-0.05, 0) is 54.2 Å². The number of nitrogens with two attached hydrogens (primary N) is 1. The van der Waals surface area contributed by atoms with Crippen LogP contribution in [0.15, 0.2) is 52.4 Å². The highest BCUT2D eigenvalue weighted by molar-refractivity contribution is 7.91. The average molecular weight is 525 g/mol. The summed E-state index contributed by atoms with van der Waals surface area (Å²) >= 11 is 0. The minimum absolute atomic E-state index is 0.0794. The molecule has 0 spiro atoms. The predicted molar refractivity (Wildman–Crippen MR) is 139 cm³/mol. The first-order chi connectivity index (χ1) is 17.6. The Morgan fingerprint density at radius 2 is 1.92 bits per heavy atom. The molecular formula is C27H32N4O5S. The maximum Gasteiger partial charge on any atom is 0.251 e. The second-order valence-corrected chi connectivity index (χ2v) is 12.2. The highest BCUT2D eigenvalue weighted by atomic mass is 32.2. The first kappa shape index (κ1) is 25.4. The van der Waals surface area contributed by atoms with Crippen LogP contribution in [-0.2, 0) is 21.1 Å². The van der Waals surface area contributed by atoms with E-state index in [9.17, 15) is 23.1 Å². The third kappa shape index (κ3) is 4.31. The average Bonchev–Trinajstić information content (AvgIpc) is 3.19. The van der Waals surface area contributed by atoms with Crippen LogP contribution in [-0.4, -0.2) is 53.6 Å². The standard InChI is InChI=1S/C27H32N4O5S/c1-3-27(4-2)15-23(33)31(26(28)30-27)20-11-12-37(35,36)22-10-9-17(13-19(20)22)25(34)29-24-18-8-6-5-7-16(18)14-21(24)32/h5-10,13,20-21,24,32H,3-4,11-12,14-15H2,1-2H3,(H2,28,30)(H,29,34)/t20-,21-,24-/m1/s1. The van der Waals surface area contributed by atoms with E-state index in [1.165, 1.54) is 23.1 Å². The number of aliphatic imine (C=N–C) groups is 1. The van der Waals surface area contributed by atoms with E-state index in [-0.39, 0.29) is 40.9 Å². The van der Waals surface area contributed by atoms with E-state index in [0.717, 1.165) is 11.1 Å². The number of aliphatic hydroxyl groups is 1. The van der Waals surface area contributed by atoms with Crippen molar-refractivity contribution in [2.45, 2.75) is 74.6 Å². The normalized spacial score (nSPS) is 25.7. The Balaban J connectivity index is 1.50. The van der Waals surface area contributed by atoms with Crippen molar-refractivity contribution in [3.8, 4) is 0 Å². The zero-order valence-corrected chi connectivity index (χ0v) is 21.8. The second kappa shape index (κ2) is 9.25. The number of nitrogens with one attached hydrogen (secondary N) is 1. The summed E-state index contributed by atoms with van der Waals surface area (Å²) in [6.07, 6.45) is 1.37. The van der Waals surface area contributed by atoms with Crippen molar-refractivity contribution >= 4 is 27.6 Å². The van der Waals surface area contributed by atoms with E-state index in [1.54, 1.807) is 0 Å². The largest absolute Gasteiger partial charge is 0.390 e. The quantitative estimate of drug-likeness (QED) is 0.548. The van der Waals surface area contributed by atoms with Crippen LogP contribution in [0.2, 0.25) is 0 Å². The Labute approximate surface area is 216 Å². The van der Waals surface area contributed by atoms with Gasteiger partial charge in [0.25, 0.3) is 5.91 Å². The molecule has 2 aromatic rings. The molecule has 2 amide bonds. The first-order valence-corrected chi connectivity index (χ1v) is 14.3. The SMILES string of the molecule is CCC1(CC)CC(=O)N([C@@H]2CCS(=O)(=O)c3ccc(C(=O)N[C@@H]4c5ccccc5C[C@H]4O)cc32)C(N)=N1. The van der Waals surface area contributed by atoms with Gasteiger partial charge in [0.05, 0.1) is 40.8 Å². The Morgan fingerprint density at radius 3 is 2.62 bits per heavy atom. The number of fused-ring (bicyclic) bond motifs is 2. The van der Waals surface area contributed by atoms with Gasteiger partial charge < -0.3 is 16.2 Å². The number of benzene rings is 2. The van der Waals surface area contributed by atoms with Gasteiger partial charge in [-0.15, -0.1) is 0 Å². The van der Waals surface area contributed by atoms with Gasteiger partial charge in [-0.2, -0.15) is 0 Å². The maximum atomic E-state index is 13.3. The van der Waals surface area contributed by atoms with Gasteiger partial charge in [-0.25, -0.2) is 13.4 Å². The number of carbonyl (C=O) groups is 2. The highest BCUT2D eigenvalue weighted by Crippen LogP contribution is 2.40. The molecule has 9 nitrogen and oxygen atoms in total. The third-order valence-corrected chi connectivity index (χ3v) is 9.91. The molecule has 0 bridgehead atoms. The summed E-state index contributed by atoms with van der Waals surface area (Å²) in [5.41, 5.74) is 8.21. The molecule has 4 N–H and O–H groups in total. The van der Waals surface area contributed by atoms with Crippen LogP contribution >= 0.6 is 0 Å². The van der Waals surface area contributed by atoms with Crippen molar-refractivity contribution in [3.05, 3.63) is 64.7 Å². The van der Waals surface area contributed by atoms with Crippen molar-refractivity contribution in [2.75, 3.05) is 5.75 Å². The van der Waals surface area contributed by atoms with E-state index in [2.05, 4.69) is 10.3 Å². The zero-order chi connectivity index (χ0) is 26.5. The molecule has 3 aliphatic rings. The predicted octanol–water partition coefficient (Wildman–Crippen LogP) is 2.40. The van der Waals surface area contributed by atoms with E-state index in [0.29, 0.717) is 24.8 Å². The Morgan fingerprint density at radius 1 is 1.19 bits per heavy atom. The molecule has 37 heavy (non-hydrogen) atoms. The van der Waals surface area contributed by atoms with Crippen LogP contribution in [0.25, 0.3) is 0 Å². The molecule has 0 fully saturated rings. The Bertz CT molecular complexity index is 1400. The summed E-state index contributed by atoms with van der Waals surface area (Å²) in [4.78, 5) is 32.8. The van der Waals surface area contributed by atoms with Gasteiger partial charge in [-0.3, -0.25) is 14.5 Å². The van der Waals surface area contributed by atoms with E-state index < -0.39 is 39.5 Å². The molecule has 2 heterocycles. The van der Waals surface area contributed by atoms with Gasteiger partial charge in [-0.1, -0.05) is 38.1 Å². The first-order valence-electron chi connectivity index (χ1n) is 12.7. The van der Waals surface area contributed by atoms with Crippen LogP contribution in [0.5, 0.6) is 0 Å². The van der Waals surface area contributed by atoms with E-state index in [1.807, 2.05) is 38.1 Å². The molecule has 0 radical (unpaired) electrons. The van der Waals surface area contributed by atoms with Crippen molar-refractivity contribution in [1.29, 1.82) is 0 Å². The van der Waals surface area contributed by atoms with Crippen LogP contribution in [0.4, 0.5) is 0 Å². The number of hydrogen-bond donors (Lipinski definition) is 3. The molecule has 2 aliphatic heterocycles. The maximum absolute atomic E-state index is 13.3. The Hall–Kier alpha value is -3.24. The monoisotopic (exact) mass is 524 g/mol. The molecule has 2 aromatic carbocycles. The van der Waals surface area contributed by atoms with Crippen LogP contribution in [0, 0.1) is 0 Å². The molecule has 5 rings (SSSR count). The fourth-order valence-electron chi connectivity index (χ4n) is 5.83. The molecule has 10 heteroatoms. The van der Waals surface area contributed by atoms with Gasteiger partial charge in [0, 0.05) is 12.0 Å². The molecule has 0 saturated heterocycles. The molecule has 3 atom stereocenters. The summed E-state index contributed by atoms with van der Waals surface area (Å²) < 4.78 is 25.8. The van der Waals surface area contributed by atoms with Gasteiger partial charge in [0.1, 0.15) is 0 Å². The summed E-state index contributed by atoms with van der Waals surface area (Å²) in [6, 6.07) is 10.8. The molecular weight excluding hydrogens is 492 g/mol. The number of amides is 2. The lowest BCUT2D eigenvalue weighted by Gasteiger charge is -2.41. The van der Waals surface area contributed by atoms with Crippen LogP contribution in [0.3, 0.4) is 0 Å². The number of rotatable bonds is 5. The van der Waals surface area contributed by atoms with Crippen molar-refractivity contribution in [3.63, 3.8) is 0 Å². The van der Waals surface area contributed by atoms with E-state index >= 15 is 0 Å². The smallest absolute Gasteiger partial charge is 0.251 e. The molecule has 0 unspecified atom stereocenters. The fraction of sp³-hybridized carbons (Fsp3) is 0.444. The minimum Gasteiger partial charge on any atom is -0.390 e. The van der Waals surface area contributed by atoms with Crippen molar-refractivity contribution in [1.82, 2.24) is 10.2 Å². The van der Waals surface area contributed by atoms with Crippen LogP contribution in [0.1, 0.15) is 78.7 Å². The Kier molecular flexibility index (Phi) is 6.35. The molecule has 0 saturated carbocycles. The van der Waals surface area contributed by atoms with Crippen molar-refractivity contribution in [2.24, 2.45) is 10.7 Å². The zero-order valence-electron chi connectivity index (χ0n) is 21.0. The summed E-state index contributed by atoms with van der Waals surface area (Å²) in [7, 11) is -3.58. The summed E-state index contributed by atoms with van der Waals surface area (Å²) in [5, 5.41) is 13.5. The summed E-state index contributed by atoms with van der Waals surface area (Å²) in [6.45, 7) is 3.94. The lowest BCUT2D eigenvalue weighted by molar-refractivity contribution is -0.131. The summed E-state index contributed by atoms with van der Waals surface area (Å²) in [5.74, 6) is -0.694. The minimum atomic E-state index is -3.58. The molecule has 1 aliphatic carbocycles. The third-order valence-electron chi connectivity index (χ3n) is 8.09. The fourth-order valence-corrected chi connectivity index (χ4v) is 7.41. The molecule has 0 aromatic heterocycles. The number of guanidine groups is 1. The van der Waals surface area contributed by atoms with Gasteiger partial charge >= 0.3 is 0 Å². The number of carbonyl (C=O) groups excluding carboxylic acids is 2.